The number of anilines is 2. The molecule has 0 amide bonds. The molecule has 1 aromatic rings. The highest BCUT2D eigenvalue weighted by Crippen LogP contribution is 2.11. The van der Waals surface area contributed by atoms with Gasteiger partial charge in [-0.1, -0.05) is 6.92 Å². The van der Waals surface area contributed by atoms with Crippen LogP contribution in [0.5, 0.6) is 0 Å². The smallest absolute Gasteiger partial charge is 0.127 e. The molecule has 1 aromatic heterocycles. The summed E-state index contributed by atoms with van der Waals surface area (Å²) in [5.41, 5.74) is 1.02. The van der Waals surface area contributed by atoms with Gasteiger partial charge in [-0.15, -0.1) is 0 Å². The Labute approximate surface area is 84.4 Å². The maximum atomic E-state index is 8.85. The van der Waals surface area contributed by atoms with E-state index in [-0.39, 0.29) is 12.5 Å². The lowest BCUT2D eigenvalue weighted by atomic mass is 10.2. The van der Waals surface area contributed by atoms with Crippen LogP contribution in [0.15, 0.2) is 18.3 Å². The van der Waals surface area contributed by atoms with Gasteiger partial charge in [0, 0.05) is 38.1 Å². The van der Waals surface area contributed by atoms with Crippen LogP contribution in [0.3, 0.4) is 0 Å². The Bertz CT molecular complexity index is 278. The molecule has 0 aliphatic carbocycles. The quantitative estimate of drug-likeness (QED) is 0.660. The minimum absolute atomic E-state index is 0.205. The van der Waals surface area contributed by atoms with Gasteiger partial charge in [0.1, 0.15) is 5.82 Å². The summed E-state index contributed by atoms with van der Waals surface area (Å²) < 4.78 is 0. The number of rotatable bonds is 5. The Balaban J connectivity index is 2.50. The summed E-state index contributed by atoms with van der Waals surface area (Å²) in [5.74, 6) is 1.10. The number of hydrogen-bond acceptors (Lipinski definition) is 4. The maximum absolute atomic E-state index is 8.85. The molecular formula is C10H17N3O. The predicted molar refractivity (Wildman–Crippen MR) is 58.5 cm³/mol. The lowest BCUT2D eigenvalue weighted by Gasteiger charge is -2.11. The Morgan fingerprint density at radius 2 is 2.36 bits per heavy atom. The van der Waals surface area contributed by atoms with Crippen molar-refractivity contribution >= 4 is 11.5 Å². The van der Waals surface area contributed by atoms with E-state index < -0.39 is 0 Å². The first-order valence-electron chi connectivity index (χ1n) is 4.74. The van der Waals surface area contributed by atoms with E-state index in [0.717, 1.165) is 18.1 Å². The highest BCUT2D eigenvalue weighted by molar-refractivity contribution is 5.51. The SMILES string of the molecule is CNc1cc(NCC(C)CO)ccn1. The highest BCUT2D eigenvalue weighted by Gasteiger charge is 1.99. The molecule has 0 bridgehead atoms. The number of aliphatic hydroxyl groups excluding tert-OH is 1. The summed E-state index contributed by atoms with van der Waals surface area (Å²) >= 11 is 0. The molecule has 4 nitrogen and oxygen atoms in total. The average Bonchev–Trinajstić information content (AvgIpc) is 2.26. The first-order valence-corrected chi connectivity index (χ1v) is 4.74. The van der Waals surface area contributed by atoms with Crippen LogP contribution >= 0.6 is 0 Å². The van der Waals surface area contributed by atoms with Crippen molar-refractivity contribution in [2.45, 2.75) is 6.92 Å². The number of aromatic nitrogens is 1. The third-order valence-corrected chi connectivity index (χ3v) is 1.98. The third kappa shape index (κ3) is 3.22. The van der Waals surface area contributed by atoms with Gasteiger partial charge in [0.25, 0.3) is 0 Å². The molecule has 78 valence electrons. The Hall–Kier alpha value is -1.29. The van der Waals surface area contributed by atoms with Gasteiger partial charge in [-0.25, -0.2) is 4.98 Å². The van der Waals surface area contributed by atoms with E-state index in [1.807, 2.05) is 26.1 Å². The molecule has 0 spiro atoms. The van der Waals surface area contributed by atoms with Crippen molar-refractivity contribution in [2.24, 2.45) is 5.92 Å². The Kier molecular flexibility index (Phi) is 4.19. The fourth-order valence-corrected chi connectivity index (χ4v) is 1.03. The van der Waals surface area contributed by atoms with Crippen molar-refractivity contribution < 1.29 is 5.11 Å². The Morgan fingerprint density at radius 1 is 1.57 bits per heavy atom. The zero-order valence-electron chi connectivity index (χ0n) is 8.62. The molecule has 0 radical (unpaired) electrons. The average molecular weight is 195 g/mol. The molecule has 1 atom stereocenters. The van der Waals surface area contributed by atoms with Crippen molar-refractivity contribution in [3.05, 3.63) is 18.3 Å². The second kappa shape index (κ2) is 5.44. The molecule has 1 unspecified atom stereocenters. The van der Waals surface area contributed by atoms with Gasteiger partial charge in [0.05, 0.1) is 0 Å². The van der Waals surface area contributed by atoms with Gasteiger partial charge >= 0.3 is 0 Å². The van der Waals surface area contributed by atoms with E-state index in [0.29, 0.717) is 0 Å². The summed E-state index contributed by atoms with van der Waals surface area (Å²) in [6, 6.07) is 3.84. The van der Waals surface area contributed by atoms with Crippen molar-refractivity contribution in [1.82, 2.24) is 4.98 Å². The molecule has 0 saturated carbocycles. The van der Waals surface area contributed by atoms with Crippen molar-refractivity contribution in [2.75, 3.05) is 30.8 Å². The molecule has 0 fully saturated rings. The molecule has 3 N–H and O–H groups in total. The lowest BCUT2D eigenvalue weighted by Crippen LogP contribution is -2.14. The summed E-state index contributed by atoms with van der Waals surface area (Å²) in [6.07, 6.45) is 1.75. The van der Waals surface area contributed by atoms with Gasteiger partial charge in [0.2, 0.25) is 0 Å². The van der Waals surface area contributed by atoms with E-state index in [4.69, 9.17) is 5.11 Å². The van der Waals surface area contributed by atoms with E-state index in [1.165, 1.54) is 0 Å². The van der Waals surface area contributed by atoms with E-state index in [9.17, 15) is 0 Å². The van der Waals surface area contributed by atoms with E-state index in [1.54, 1.807) is 6.20 Å². The minimum Gasteiger partial charge on any atom is -0.396 e. The van der Waals surface area contributed by atoms with Crippen LogP contribution in [0, 0.1) is 5.92 Å². The number of aliphatic hydroxyl groups is 1. The summed E-state index contributed by atoms with van der Waals surface area (Å²) in [6.45, 7) is 2.97. The monoisotopic (exact) mass is 195 g/mol. The van der Waals surface area contributed by atoms with Crippen molar-refractivity contribution in [3.8, 4) is 0 Å². The molecular weight excluding hydrogens is 178 g/mol. The third-order valence-electron chi connectivity index (χ3n) is 1.98. The van der Waals surface area contributed by atoms with E-state index in [2.05, 4.69) is 15.6 Å². The van der Waals surface area contributed by atoms with Crippen LogP contribution in [0.1, 0.15) is 6.92 Å². The van der Waals surface area contributed by atoms with Gasteiger partial charge in [-0.3, -0.25) is 0 Å². The van der Waals surface area contributed by atoms with Crippen LogP contribution in [0.2, 0.25) is 0 Å². The molecule has 4 heteroatoms. The van der Waals surface area contributed by atoms with Gasteiger partial charge in [-0.2, -0.15) is 0 Å². The van der Waals surface area contributed by atoms with Crippen LogP contribution < -0.4 is 10.6 Å². The minimum atomic E-state index is 0.205. The summed E-state index contributed by atoms with van der Waals surface area (Å²) in [5, 5.41) is 15.0. The molecule has 0 aromatic carbocycles. The number of nitrogens with zero attached hydrogens (tertiary/aromatic N) is 1. The fraction of sp³-hybridized carbons (Fsp3) is 0.500. The molecule has 0 saturated heterocycles. The zero-order valence-corrected chi connectivity index (χ0v) is 8.62. The molecule has 14 heavy (non-hydrogen) atoms. The number of pyridine rings is 1. The van der Waals surface area contributed by atoms with Gasteiger partial charge < -0.3 is 15.7 Å². The number of hydrogen-bond donors (Lipinski definition) is 3. The second-order valence-electron chi connectivity index (χ2n) is 3.35. The van der Waals surface area contributed by atoms with Gasteiger partial charge in [0.15, 0.2) is 0 Å². The number of nitrogens with one attached hydrogen (secondary N) is 2. The van der Waals surface area contributed by atoms with Crippen LogP contribution in [-0.2, 0) is 0 Å². The zero-order chi connectivity index (χ0) is 10.4. The Morgan fingerprint density at radius 3 is 3.00 bits per heavy atom. The lowest BCUT2D eigenvalue weighted by molar-refractivity contribution is 0.244. The topological polar surface area (TPSA) is 57.2 Å². The second-order valence-corrected chi connectivity index (χ2v) is 3.35. The fourth-order valence-electron chi connectivity index (χ4n) is 1.03. The summed E-state index contributed by atoms with van der Waals surface area (Å²) in [4.78, 5) is 4.10. The predicted octanol–water partition coefficient (Wildman–Crippen LogP) is 1.16. The van der Waals surface area contributed by atoms with Crippen molar-refractivity contribution in [1.29, 1.82) is 0 Å². The molecule has 0 aliphatic heterocycles. The first-order chi connectivity index (χ1) is 6.76. The first kappa shape index (κ1) is 10.8. The molecule has 1 rings (SSSR count). The summed E-state index contributed by atoms with van der Waals surface area (Å²) in [7, 11) is 1.84. The largest absolute Gasteiger partial charge is 0.396 e. The standard InChI is InChI=1S/C10H17N3O/c1-8(7-14)6-13-9-3-4-12-10(5-9)11-2/h3-5,8,14H,6-7H2,1-2H3,(H2,11,12,13). The highest BCUT2D eigenvalue weighted by atomic mass is 16.3. The van der Waals surface area contributed by atoms with Crippen molar-refractivity contribution in [3.63, 3.8) is 0 Å². The van der Waals surface area contributed by atoms with Crippen LogP contribution in [-0.4, -0.2) is 30.3 Å². The molecule has 0 aliphatic rings. The molecule has 1 heterocycles. The van der Waals surface area contributed by atoms with Crippen LogP contribution in [0.4, 0.5) is 11.5 Å². The normalized spacial score (nSPS) is 12.2. The van der Waals surface area contributed by atoms with Gasteiger partial charge in [-0.05, 0) is 12.0 Å². The maximum Gasteiger partial charge on any atom is 0.127 e. The van der Waals surface area contributed by atoms with E-state index >= 15 is 0 Å². The van der Waals surface area contributed by atoms with Crippen LogP contribution in [0.25, 0.3) is 0 Å².